The molecule has 3 heteroatoms. The van der Waals surface area contributed by atoms with E-state index in [0.717, 1.165) is 35.6 Å². The molecule has 0 atom stereocenters. The SMILES string of the molecule is Fc1ccc(-c2ccccc2C2=NCCN2)cc1. The smallest absolute Gasteiger partial charge is 0.129 e. The van der Waals surface area contributed by atoms with Crippen LogP contribution < -0.4 is 5.32 Å². The minimum absolute atomic E-state index is 0.215. The number of nitrogens with one attached hydrogen (secondary N) is 1. The minimum atomic E-state index is -0.215. The number of halogens is 1. The van der Waals surface area contributed by atoms with E-state index in [9.17, 15) is 4.39 Å². The first-order valence-corrected chi connectivity index (χ1v) is 5.98. The molecular formula is C15H13FN2. The van der Waals surface area contributed by atoms with Gasteiger partial charge < -0.3 is 5.32 Å². The van der Waals surface area contributed by atoms with Crippen LogP contribution in [-0.2, 0) is 0 Å². The topological polar surface area (TPSA) is 24.4 Å². The van der Waals surface area contributed by atoms with Gasteiger partial charge in [-0.2, -0.15) is 0 Å². The monoisotopic (exact) mass is 240 g/mol. The first-order chi connectivity index (χ1) is 8.84. The molecule has 90 valence electrons. The summed E-state index contributed by atoms with van der Waals surface area (Å²) in [5, 5.41) is 3.27. The van der Waals surface area contributed by atoms with E-state index in [-0.39, 0.29) is 5.82 Å². The first kappa shape index (κ1) is 11.0. The van der Waals surface area contributed by atoms with Crippen LogP contribution in [0.5, 0.6) is 0 Å². The normalized spacial score (nSPS) is 14.2. The van der Waals surface area contributed by atoms with E-state index in [2.05, 4.69) is 10.3 Å². The van der Waals surface area contributed by atoms with Crippen molar-refractivity contribution in [2.45, 2.75) is 0 Å². The van der Waals surface area contributed by atoms with Gasteiger partial charge in [-0.25, -0.2) is 4.39 Å². The molecule has 2 nitrogen and oxygen atoms in total. The molecule has 1 aliphatic rings. The molecule has 0 amide bonds. The molecular weight excluding hydrogens is 227 g/mol. The zero-order valence-corrected chi connectivity index (χ0v) is 9.86. The van der Waals surface area contributed by atoms with Crippen molar-refractivity contribution in [1.82, 2.24) is 5.32 Å². The molecule has 0 saturated carbocycles. The number of benzene rings is 2. The molecule has 0 spiro atoms. The number of nitrogens with zero attached hydrogens (tertiary/aromatic N) is 1. The second-order valence-electron chi connectivity index (χ2n) is 4.21. The van der Waals surface area contributed by atoms with Crippen molar-refractivity contribution in [2.24, 2.45) is 4.99 Å². The Kier molecular flexibility index (Phi) is 2.81. The highest BCUT2D eigenvalue weighted by Crippen LogP contribution is 2.24. The van der Waals surface area contributed by atoms with E-state index in [0.29, 0.717) is 0 Å². The third-order valence-corrected chi connectivity index (χ3v) is 3.01. The van der Waals surface area contributed by atoms with E-state index < -0.39 is 0 Å². The minimum Gasteiger partial charge on any atom is -0.368 e. The number of hydrogen-bond donors (Lipinski definition) is 1. The van der Waals surface area contributed by atoms with Gasteiger partial charge in [0.2, 0.25) is 0 Å². The summed E-state index contributed by atoms with van der Waals surface area (Å²) in [6.07, 6.45) is 0. The van der Waals surface area contributed by atoms with Gasteiger partial charge in [0.05, 0.1) is 6.54 Å². The summed E-state index contributed by atoms with van der Waals surface area (Å²) < 4.78 is 13.0. The standard InChI is InChI=1S/C15H13FN2/c16-12-7-5-11(6-8-12)13-3-1-2-4-14(13)15-17-9-10-18-15/h1-8H,9-10H2,(H,17,18). The molecule has 1 aliphatic heterocycles. The number of hydrogen-bond acceptors (Lipinski definition) is 2. The summed E-state index contributed by atoms with van der Waals surface area (Å²) in [5.74, 6) is 0.711. The van der Waals surface area contributed by atoms with Crippen molar-refractivity contribution >= 4 is 5.84 Å². The van der Waals surface area contributed by atoms with Crippen LogP contribution >= 0.6 is 0 Å². The summed E-state index contributed by atoms with van der Waals surface area (Å²) in [7, 11) is 0. The molecule has 0 aromatic heterocycles. The van der Waals surface area contributed by atoms with Crippen molar-refractivity contribution in [3.8, 4) is 11.1 Å². The van der Waals surface area contributed by atoms with Crippen LogP contribution in [0, 0.1) is 5.82 Å². The van der Waals surface area contributed by atoms with Gasteiger partial charge >= 0.3 is 0 Å². The van der Waals surface area contributed by atoms with E-state index in [1.807, 2.05) is 24.3 Å². The van der Waals surface area contributed by atoms with Crippen molar-refractivity contribution in [2.75, 3.05) is 13.1 Å². The number of amidine groups is 1. The first-order valence-electron chi connectivity index (χ1n) is 5.98. The van der Waals surface area contributed by atoms with Crippen molar-refractivity contribution in [3.05, 3.63) is 59.9 Å². The summed E-state index contributed by atoms with van der Waals surface area (Å²) in [4.78, 5) is 4.44. The average Bonchev–Trinajstić information content (AvgIpc) is 2.93. The highest BCUT2D eigenvalue weighted by Gasteiger charge is 2.12. The summed E-state index contributed by atoms with van der Waals surface area (Å²) in [6, 6.07) is 14.6. The number of aliphatic imine (C=N–C) groups is 1. The Morgan fingerprint density at radius 1 is 0.944 bits per heavy atom. The molecule has 1 N–H and O–H groups in total. The van der Waals surface area contributed by atoms with Crippen LogP contribution in [0.2, 0.25) is 0 Å². The Morgan fingerprint density at radius 3 is 2.33 bits per heavy atom. The largest absolute Gasteiger partial charge is 0.368 e. The molecule has 0 unspecified atom stereocenters. The zero-order valence-electron chi connectivity index (χ0n) is 9.86. The predicted octanol–water partition coefficient (Wildman–Crippen LogP) is 2.84. The van der Waals surface area contributed by atoms with Gasteiger partial charge in [-0.05, 0) is 23.3 Å². The maximum absolute atomic E-state index is 13.0. The molecule has 2 aromatic carbocycles. The van der Waals surface area contributed by atoms with Crippen LogP contribution in [0.1, 0.15) is 5.56 Å². The van der Waals surface area contributed by atoms with Crippen molar-refractivity contribution in [1.29, 1.82) is 0 Å². The predicted molar refractivity (Wildman–Crippen MR) is 71.2 cm³/mol. The van der Waals surface area contributed by atoms with Crippen molar-refractivity contribution < 1.29 is 4.39 Å². The second-order valence-corrected chi connectivity index (χ2v) is 4.21. The lowest BCUT2D eigenvalue weighted by Crippen LogP contribution is -2.20. The molecule has 2 aromatic rings. The Bertz CT molecular complexity index is 588. The van der Waals surface area contributed by atoms with Gasteiger partial charge in [0, 0.05) is 12.1 Å². The molecule has 3 rings (SSSR count). The molecule has 0 fully saturated rings. The lowest BCUT2D eigenvalue weighted by atomic mass is 9.99. The Hall–Kier alpha value is -2.16. The third-order valence-electron chi connectivity index (χ3n) is 3.01. The summed E-state index contributed by atoms with van der Waals surface area (Å²) in [5.41, 5.74) is 3.15. The molecule has 0 bridgehead atoms. The van der Waals surface area contributed by atoms with Crippen LogP contribution in [-0.4, -0.2) is 18.9 Å². The molecule has 1 heterocycles. The quantitative estimate of drug-likeness (QED) is 0.857. The molecule has 0 aliphatic carbocycles. The van der Waals surface area contributed by atoms with Gasteiger partial charge in [0.25, 0.3) is 0 Å². The Balaban J connectivity index is 2.09. The Morgan fingerprint density at radius 2 is 1.67 bits per heavy atom. The van der Waals surface area contributed by atoms with E-state index in [1.54, 1.807) is 12.1 Å². The van der Waals surface area contributed by atoms with Crippen LogP contribution in [0.3, 0.4) is 0 Å². The van der Waals surface area contributed by atoms with Crippen LogP contribution in [0.4, 0.5) is 4.39 Å². The summed E-state index contributed by atoms with van der Waals surface area (Å²) >= 11 is 0. The van der Waals surface area contributed by atoms with Gasteiger partial charge in [0.15, 0.2) is 0 Å². The molecule has 0 saturated heterocycles. The maximum atomic E-state index is 13.0. The number of rotatable bonds is 2. The van der Waals surface area contributed by atoms with Crippen molar-refractivity contribution in [3.63, 3.8) is 0 Å². The van der Waals surface area contributed by atoms with Crippen LogP contribution in [0.15, 0.2) is 53.5 Å². The highest BCUT2D eigenvalue weighted by atomic mass is 19.1. The third kappa shape index (κ3) is 1.99. The van der Waals surface area contributed by atoms with E-state index in [4.69, 9.17) is 0 Å². The van der Waals surface area contributed by atoms with Gasteiger partial charge in [0.1, 0.15) is 11.7 Å². The highest BCUT2D eigenvalue weighted by molar-refractivity contribution is 6.05. The van der Waals surface area contributed by atoms with E-state index >= 15 is 0 Å². The average molecular weight is 240 g/mol. The second kappa shape index (κ2) is 4.61. The fraction of sp³-hybridized carbons (Fsp3) is 0.133. The van der Waals surface area contributed by atoms with E-state index in [1.165, 1.54) is 12.1 Å². The van der Waals surface area contributed by atoms with Gasteiger partial charge in [-0.1, -0.05) is 36.4 Å². The maximum Gasteiger partial charge on any atom is 0.129 e. The molecule has 18 heavy (non-hydrogen) atoms. The van der Waals surface area contributed by atoms with Gasteiger partial charge in [-0.15, -0.1) is 0 Å². The van der Waals surface area contributed by atoms with Gasteiger partial charge in [-0.3, -0.25) is 4.99 Å². The van der Waals surface area contributed by atoms with Crippen LogP contribution in [0.25, 0.3) is 11.1 Å². The fourth-order valence-corrected chi connectivity index (χ4v) is 2.15. The lowest BCUT2D eigenvalue weighted by Gasteiger charge is -2.10. The fourth-order valence-electron chi connectivity index (χ4n) is 2.15. The lowest BCUT2D eigenvalue weighted by molar-refractivity contribution is 0.628. The molecule has 0 radical (unpaired) electrons. The summed E-state index contributed by atoms with van der Waals surface area (Å²) in [6.45, 7) is 1.69. The zero-order chi connectivity index (χ0) is 12.4. The Labute approximate surface area is 105 Å².